The molecule has 0 aliphatic rings. The van der Waals surface area contributed by atoms with Gasteiger partial charge in [0.1, 0.15) is 0 Å². The van der Waals surface area contributed by atoms with Crippen LogP contribution in [0.3, 0.4) is 0 Å². The summed E-state index contributed by atoms with van der Waals surface area (Å²) in [6.45, 7) is 7.85. The third-order valence-corrected chi connectivity index (χ3v) is 2.79. The maximum Gasteiger partial charge on any atom is 0.161 e. The summed E-state index contributed by atoms with van der Waals surface area (Å²) in [4.78, 5) is 0. The Balaban J connectivity index is 0.00000289. The Morgan fingerprint density at radius 2 is 1.94 bits per heavy atom. The van der Waals surface area contributed by atoms with Crippen LogP contribution >= 0.6 is 12.4 Å². The summed E-state index contributed by atoms with van der Waals surface area (Å²) in [5.41, 5.74) is 1.21. The van der Waals surface area contributed by atoms with E-state index in [1.165, 1.54) is 5.56 Å². The maximum absolute atomic E-state index is 5.48. The lowest BCUT2D eigenvalue weighted by Crippen LogP contribution is -2.24. The standard InChI is InChI=1S/C14H23NO2.ClH/c1-5-11(3)15-10-12-7-8-13(17-6-2)14(9-12)16-4;/h7-9,11,15H,5-6,10H2,1-4H3;1H. The van der Waals surface area contributed by atoms with Gasteiger partial charge in [-0.3, -0.25) is 0 Å². The van der Waals surface area contributed by atoms with Crippen molar-refractivity contribution >= 4 is 12.4 Å². The zero-order valence-corrected chi connectivity index (χ0v) is 12.5. The number of hydrogen-bond acceptors (Lipinski definition) is 3. The molecule has 1 unspecified atom stereocenters. The van der Waals surface area contributed by atoms with Gasteiger partial charge in [0.2, 0.25) is 0 Å². The molecule has 0 amide bonds. The van der Waals surface area contributed by atoms with Crippen LogP contribution in [0, 0.1) is 0 Å². The van der Waals surface area contributed by atoms with Crippen molar-refractivity contribution in [2.75, 3.05) is 13.7 Å². The van der Waals surface area contributed by atoms with E-state index in [1.54, 1.807) is 7.11 Å². The zero-order valence-electron chi connectivity index (χ0n) is 11.7. The highest BCUT2D eigenvalue weighted by atomic mass is 35.5. The van der Waals surface area contributed by atoms with Gasteiger partial charge in [-0.2, -0.15) is 0 Å². The van der Waals surface area contributed by atoms with E-state index >= 15 is 0 Å². The van der Waals surface area contributed by atoms with Crippen molar-refractivity contribution in [1.82, 2.24) is 5.32 Å². The van der Waals surface area contributed by atoms with Crippen LogP contribution in [-0.2, 0) is 6.54 Å². The van der Waals surface area contributed by atoms with E-state index in [0.717, 1.165) is 24.5 Å². The molecule has 1 aromatic rings. The van der Waals surface area contributed by atoms with Gasteiger partial charge < -0.3 is 14.8 Å². The third kappa shape index (κ3) is 5.15. The molecule has 0 fully saturated rings. The average molecular weight is 274 g/mol. The van der Waals surface area contributed by atoms with Crippen LogP contribution in [0.1, 0.15) is 32.8 Å². The van der Waals surface area contributed by atoms with E-state index in [-0.39, 0.29) is 12.4 Å². The first kappa shape index (κ1) is 17.1. The third-order valence-electron chi connectivity index (χ3n) is 2.79. The first-order valence-corrected chi connectivity index (χ1v) is 6.24. The molecule has 0 aliphatic carbocycles. The quantitative estimate of drug-likeness (QED) is 0.826. The Morgan fingerprint density at radius 1 is 1.22 bits per heavy atom. The SMILES string of the molecule is CCOc1ccc(CNC(C)CC)cc1OC.Cl. The molecule has 0 aromatic heterocycles. The first-order valence-electron chi connectivity index (χ1n) is 6.24. The van der Waals surface area contributed by atoms with E-state index in [9.17, 15) is 0 Å². The predicted molar refractivity (Wildman–Crippen MR) is 78.0 cm³/mol. The minimum Gasteiger partial charge on any atom is -0.493 e. The highest BCUT2D eigenvalue weighted by Crippen LogP contribution is 2.27. The average Bonchev–Trinajstić information content (AvgIpc) is 2.37. The number of benzene rings is 1. The molecule has 4 heteroatoms. The minimum absolute atomic E-state index is 0. The van der Waals surface area contributed by atoms with Crippen molar-refractivity contribution in [2.45, 2.75) is 39.8 Å². The molecule has 0 aliphatic heterocycles. The molecule has 0 saturated heterocycles. The van der Waals surface area contributed by atoms with Crippen molar-refractivity contribution in [2.24, 2.45) is 0 Å². The number of methoxy groups -OCH3 is 1. The lowest BCUT2D eigenvalue weighted by molar-refractivity contribution is 0.310. The van der Waals surface area contributed by atoms with Crippen LogP contribution in [0.5, 0.6) is 11.5 Å². The molecule has 1 N–H and O–H groups in total. The Bertz CT molecular complexity index is 345. The van der Waals surface area contributed by atoms with E-state index in [4.69, 9.17) is 9.47 Å². The lowest BCUT2D eigenvalue weighted by Gasteiger charge is -2.14. The Hall–Kier alpha value is -0.930. The second-order valence-corrected chi connectivity index (χ2v) is 4.11. The van der Waals surface area contributed by atoms with E-state index < -0.39 is 0 Å². The fraction of sp³-hybridized carbons (Fsp3) is 0.571. The van der Waals surface area contributed by atoms with Crippen LogP contribution in [0.25, 0.3) is 0 Å². The fourth-order valence-electron chi connectivity index (χ4n) is 1.53. The summed E-state index contributed by atoms with van der Waals surface area (Å²) in [5.74, 6) is 1.61. The Kier molecular flexibility index (Phi) is 8.59. The topological polar surface area (TPSA) is 30.5 Å². The van der Waals surface area contributed by atoms with Gasteiger partial charge in [-0.1, -0.05) is 13.0 Å². The molecular weight excluding hydrogens is 250 g/mol. The van der Waals surface area contributed by atoms with Crippen molar-refractivity contribution in [3.8, 4) is 11.5 Å². The van der Waals surface area contributed by atoms with Gasteiger partial charge in [-0.05, 0) is 38.0 Å². The van der Waals surface area contributed by atoms with Gasteiger partial charge in [-0.15, -0.1) is 12.4 Å². The zero-order chi connectivity index (χ0) is 12.7. The Labute approximate surface area is 116 Å². The van der Waals surface area contributed by atoms with Crippen LogP contribution in [0.2, 0.25) is 0 Å². The smallest absolute Gasteiger partial charge is 0.161 e. The summed E-state index contributed by atoms with van der Waals surface area (Å²) < 4.78 is 10.8. The molecule has 0 radical (unpaired) electrons. The Morgan fingerprint density at radius 3 is 2.50 bits per heavy atom. The van der Waals surface area contributed by atoms with Gasteiger partial charge in [0.05, 0.1) is 13.7 Å². The molecule has 0 heterocycles. The van der Waals surface area contributed by atoms with Crippen LogP contribution in [-0.4, -0.2) is 19.8 Å². The molecule has 0 saturated carbocycles. The number of hydrogen-bond donors (Lipinski definition) is 1. The van der Waals surface area contributed by atoms with Gasteiger partial charge in [-0.25, -0.2) is 0 Å². The summed E-state index contributed by atoms with van der Waals surface area (Å²) in [7, 11) is 1.67. The molecule has 1 rings (SSSR count). The van der Waals surface area contributed by atoms with E-state index in [1.807, 2.05) is 19.1 Å². The predicted octanol–water partition coefficient (Wildman–Crippen LogP) is 3.40. The molecular formula is C14H24ClNO2. The first-order chi connectivity index (χ1) is 8.21. The number of ether oxygens (including phenoxy) is 2. The van der Waals surface area contributed by atoms with Gasteiger partial charge >= 0.3 is 0 Å². The second kappa shape index (κ2) is 9.06. The molecule has 1 aromatic carbocycles. The van der Waals surface area contributed by atoms with Crippen LogP contribution in [0.15, 0.2) is 18.2 Å². The maximum atomic E-state index is 5.48. The molecule has 3 nitrogen and oxygen atoms in total. The highest BCUT2D eigenvalue weighted by Gasteiger charge is 2.05. The monoisotopic (exact) mass is 273 g/mol. The van der Waals surface area contributed by atoms with Crippen LogP contribution < -0.4 is 14.8 Å². The number of nitrogens with one attached hydrogen (secondary N) is 1. The minimum atomic E-state index is 0. The van der Waals surface area contributed by atoms with Gasteiger partial charge in [0.15, 0.2) is 11.5 Å². The summed E-state index contributed by atoms with van der Waals surface area (Å²) in [6, 6.07) is 6.60. The molecule has 0 bridgehead atoms. The van der Waals surface area contributed by atoms with Crippen LogP contribution in [0.4, 0.5) is 0 Å². The van der Waals surface area contributed by atoms with E-state index in [0.29, 0.717) is 12.6 Å². The normalized spacial score (nSPS) is 11.6. The van der Waals surface area contributed by atoms with Crippen molar-refractivity contribution in [1.29, 1.82) is 0 Å². The largest absolute Gasteiger partial charge is 0.493 e. The number of rotatable bonds is 7. The van der Waals surface area contributed by atoms with Crippen molar-refractivity contribution < 1.29 is 9.47 Å². The molecule has 1 atom stereocenters. The second-order valence-electron chi connectivity index (χ2n) is 4.11. The molecule has 0 spiro atoms. The van der Waals surface area contributed by atoms with Crippen molar-refractivity contribution in [3.05, 3.63) is 23.8 Å². The summed E-state index contributed by atoms with van der Waals surface area (Å²) >= 11 is 0. The summed E-state index contributed by atoms with van der Waals surface area (Å²) in [6.07, 6.45) is 1.13. The van der Waals surface area contributed by atoms with E-state index in [2.05, 4.69) is 25.2 Å². The lowest BCUT2D eigenvalue weighted by atomic mass is 10.2. The molecule has 18 heavy (non-hydrogen) atoms. The highest BCUT2D eigenvalue weighted by molar-refractivity contribution is 5.85. The van der Waals surface area contributed by atoms with Crippen molar-refractivity contribution in [3.63, 3.8) is 0 Å². The van der Waals surface area contributed by atoms with Gasteiger partial charge in [0, 0.05) is 12.6 Å². The van der Waals surface area contributed by atoms with Gasteiger partial charge in [0.25, 0.3) is 0 Å². The fourth-order valence-corrected chi connectivity index (χ4v) is 1.53. The molecule has 104 valence electrons. The number of halogens is 1. The summed E-state index contributed by atoms with van der Waals surface area (Å²) in [5, 5.41) is 3.45.